The van der Waals surface area contributed by atoms with Crippen LogP contribution in [0.15, 0.2) is 42.5 Å². The minimum Gasteiger partial charge on any atom is -0.306 e. The Balaban J connectivity index is 1.69. The van der Waals surface area contributed by atoms with E-state index in [0.29, 0.717) is 10.7 Å². The second-order valence-electron chi connectivity index (χ2n) is 6.12. The van der Waals surface area contributed by atoms with Gasteiger partial charge in [0.1, 0.15) is 16.3 Å². The van der Waals surface area contributed by atoms with Crippen LogP contribution in [0.3, 0.4) is 0 Å². The molecule has 1 N–H and O–H groups in total. The number of aromatic nitrogens is 4. The average molecular weight is 365 g/mol. The fourth-order valence-electron chi connectivity index (χ4n) is 2.96. The molecule has 3 heterocycles. The van der Waals surface area contributed by atoms with Gasteiger partial charge in [-0.15, -0.1) is 11.3 Å². The monoisotopic (exact) mass is 365 g/mol. The Morgan fingerprint density at radius 3 is 2.58 bits per heavy atom. The van der Waals surface area contributed by atoms with Crippen molar-refractivity contribution in [1.29, 1.82) is 0 Å². The summed E-state index contributed by atoms with van der Waals surface area (Å²) >= 11 is 1.44. The molecule has 0 spiro atoms. The molecule has 0 atom stereocenters. The first-order valence-electron chi connectivity index (χ1n) is 8.43. The Morgan fingerprint density at radius 1 is 1.12 bits per heavy atom. The molecule has 4 aromatic rings. The number of hydrogen-bond acceptors (Lipinski definition) is 4. The fraction of sp³-hybridized carbons (Fsp3) is 0.211. The van der Waals surface area contributed by atoms with Crippen LogP contribution < -0.4 is 5.32 Å². The van der Waals surface area contributed by atoms with Gasteiger partial charge in [0.25, 0.3) is 5.91 Å². The molecule has 0 aliphatic carbocycles. The number of carbonyl (C=O) groups excluding carboxylic acids is 1. The van der Waals surface area contributed by atoms with Gasteiger partial charge in [-0.25, -0.2) is 0 Å². The molecule has 0 aliphatic heterocycles. The molecule has 0 saturated heterocycles. The first-order valence-corrected chi connectivity index (χ1v) is 9.24. The summed E-state index contributed by atoms with van der Waals surface area (Å²) in [6.45, 7) is 2.04. The van der Waals surface area contributed by atoms with Crippen molar-refractivity contribution in [1.82, 2.24) is 19.6 Å². The summed E-state index contributed by atoms with van der Waals surface area (Å²) in [5, 5.41) is 12.9. The fourth-order valence-corrected chi connectivity index (χ4v) is 3.92. The zero-order valence-corrected chi connectivity index (χ0v) is 15.7. The van der Waals surface area contributed by atoms with Gasteiger partial charge in [0.2, 0.25) is 0 Å². The maximum atomic E-state index is 12.7. The highest BCUT2D eigenvalue weighted by Gasteiger charge is 2.18. The van der Waals surface area contributed by atoms with Crippen molar-refractivity contribution in [2.24, 2.45) is 14.1 Å². The first kappa shape index (κ1) is 16.5. The van der Waals surface area contributed by atoms with Crippen LogP contribution in [0.5, 0.6) is 0 Å². The molecule has 3 aromatic heterocycles. The zero-order valence-electron chi connectivity index (χ0n) is 14.9. The number of nitrogens with zero attached hydrogens (tertiary/aromatic N) is 4. The van der Waals surface area contributed by atoms with Crippen molar-refractivity contribution in [3.05, 3.63) is 53.0 Å². The highest BCUT2D eigenvalue weighted by Crippen LogP contribution is 2.33. The molecule has 0 radical (unpaired) electrons. The molecule has 4 rings (SSSR count). The summed E-state index contributed by atoms with van der Waals surface area (Å²) < 4.78 is 3.53. The molecular formula is C19H19N5OS. The summed E-state index contributed by atoms with van der Waals surface area (Å²) in [4.78, 5) is 14.4. The number of nitrogens with one attached hydrogen (secondary N) is 1. The third kappa shape index (κ3) is 2.80. The summed E-state index contributed by atoms with van der Waals surface area (Å²) in [6, 6.07) is 13.8. The number of carbonyl (C=O) groups is 1. The van der Waals surface area contributed by atoms with Crippen LogP contribution in [0, 0.1) is 0 Å². The molecular weight excluding hydrogens is 346 g/mol. The number of amides is 1. The quantitative estimate of drug-likeness (QED) is 0.597. The third-order valence-electron chi connectivity index (χ3n) is 4.32. The molecule has 1 aromatic carbocycles. The van der Waals surface area contributed by atoms with Gasteiger partial charge in [0.05, 0.1) is 10.6 Å². The van der Waals surface area contributed by atoms with Gasteiger partial charge in [-0.05, 0) is 12.5 Å². The van der Waals surface area contributed by atoms with E-state index in [2.05, 4.69) is 15.5 Å². The van der Waals surface area contributed by atoms with E-state index >= 15 is 0 Å². The lowest BCUT2D eigenvalue weighted by atomic mass is 10.1. The largest absolute Gasteiger partial charge is 0.306 e. The number of fused-ring (bicyclic) bond motifs is 1. The lowest BCUT2D eigenvalue weighted by Crippen LogP contribution is -2.13. The lowest BCUT2D eigenvalue weighted by molar-refractivity contribution is 0.102. The molecule has 7 heteroatoms. The number of rotatable bonds is 4. The van der Waals surface area contributed by atoms with Crippen LogP contribution in [0.1, 0.15) is 22.3 Å². The molecule has 0 fully saturated rings. The van der Waals surface area contributed by atoms with Crippen molar-refractivity contribution in [3.63, 3.8) is 0 Å². The molecule has 0 bridgehead atoms. The second-order valence-corrected chi connectivity index (χ2v) is 7.15. The van der Waals surface area contributed by atoms with Crippen molar-refractivity contribution in [3.8, 4) is 11.3 Å². The van der Waals surface area contributed by atoms with E-state index in [4.69, 9.17) is 0 Å². The van der Waals surface area contributed by atoms with Gasteiger partial charge in [-0.3, -0.25) is 14.2 Å². The van der Waals surface area contributed by atoms with Crippen LogP contribution in [-0.2, 0) is 20.5 Å². The number of benzene rings is 1. The summed E-state index contributed by atoms with van der Waals surface area (Å²) in [7, 11) is 3.73. The Hall–Kier alpha value is -2.93. The number of anilines is 1. The van der Waals surface area contributed by atoms with Gasteiger partial charge in [0, 0.05) is 31.1 Å². The molecule has 0 aliphatic rings. The Morgan fingerprint density at radius 2 is 1.88 bits per heavy atom. The van der Waals surface area contributed by atoms with E-state index < -0.39 is 0 Å². The van der Waals surface area contributed by atoms with E-state index in [9.17, 15) is 4.79 Å². The van der Waals surface area contributed by atoms with Gasteiger partial charge >= 0.3 is 0 Å². The normalized spacial score (nSPS) is 11.2. The molecule has 0 saturated carbocycles. The molecule has 1 amide bonds. The predicted molar refractivity (Wildman–Crippen MR) is 105 cm³/mol. The number of hydrogen-bond donors (Lipinski definition) is 1. The Labute approximate surface area is 155 Å². The van der Waals surface area contributed by atoms with Crippen molar-refractivity contribution in [2.45, 2.75) is 13.3 Å². The van der Waals surface area contributed by atoms with E-state index in [-0.39, 0.29) is 5.91 Å². The van der Waals surface area contributed by atoms with Crippen LogP contribution in [-0.4, -0.2) is 25.5 Å². The maximum absolute atomic E-state index is 12.7. The van der Waals surface area contributed by atoms with E-state index in [1.165, 1.54) is 11.3 Å². The van der Waals surface area contributed by atoms with E-state index in [0.717, 1.165) is 33.6 Å². The van der Waals surface area contributed by atoms with Crippen LogP contribution in [0.25, 0.3) is 21.5 Å². The smallest absolute Gasteiger partial charge is 0.266 e. The van der Waals surface area contributed by atoms with Crippen molar-refractivity contribution >= 4 is 33.3 Å². The van der Waals surface area contributed by atoms with Crippen LogP contribution in [0.2, 0.25) is 0 Å². The van der Waals surface area contributed by atoms with Gasteiger partial charge < -0.3 is 5.32 Å². The summed E-state index contributed by atoms with van der Waals surface area (Å²) in [6.07, 6.45) is 0.832. The minimum absolute atomic E-state index is 0.129. The Bertz CT molecular complexity index is 1090. The van der Waals surface area contributed by atoms with Crippen LogP contribution >= 0.6 is 11.3 Å². The minimum atomic E-state index is -0.129. The van der Waals surface area contributed by atoms with Gasteiger partial charge in [-0.2, -0.15) is 10.2 Å². The highest BCUT2D eigenvalue weighted by molar-refractivity contribution is 7.20. The molecule has 132 valence electrons. The number of aryl methyl sites for hydroxylation is 3. The Kier molecular flexibility index (Phi) is 4.08. The van der Waals surface area contributed by atoms with Crippen molar-refractivity contribution in [2.75, 3.05) is 5.32 Å². The van der Waals surface area contributed by atoms with Gasteiger partial charge in [-0.1, -0.05) is 37.3 Å². The van der Waals surface area contributed by atoms with E-state index in [1.807, 2.05) is 68.2 Å². The van der Waals surface area contributed by atoms with E-state index in [1.54, 1.807) is 4.68 Å². The topological polar surface area (TPSA) is 64.7 Å². The SMILES string of the molecule is CCc1cc(NC(=O)c2cc3c(-c4ccccc4)nn(C)c3s2)n(C)n1. The third-order valence-corrected chi connectivity index (χ3v) is 5.52. The standard InChI is InChI=1S/C19H19N5OS/c1-4-13-10-16(23(2)21-13)20-18(25)15-11-14-17(12-8-6-5-7-9-12)22-24(3)19(14)26-15/h5-11H,4H2,1-3H3,(H,20,25). The van der Waals surface area contributed by atoms with Crippen molar-refractivity contribution < 1.29 is 4.79 Å². The summed E-state index contributed by atoms with van der Waals surface area (Å²) in [5.74, 6) is 0.571. The molecule has 26 heavy (non-hydrogen) atoms. The molecule has 6 nitrogen and oxygen atoms in total. The molecule has 0 unspecified atom stereocenters. The average Bonchev–Trinajstić information content (AvgIpc) is 3.31. The number of thiophene rings is 1. The zero-order chi connectivity index (χ0) is 18.3. The van der Waals surface area contributed by atoms with Gasteiger partial charge in [0.15, 0.2) is 0 Å². The lowest BCUT2D eigenvalue weighted by Gasteiger charge is -2.03. The predicted octanol–water partition coefficient (Wildman–Crippen LogP) is 3.85. The maximum Gasteiger partial charge on any atom is 0.266 e. The first-order chi connectivity index (χ1) is 12.6. The highest BCUT2D eigenvalue weighted by atomic mass is 32.1. The summed E-state index contributed by atoms with van der Waals surface area (Å²) in [5.41, 5.74) is 2.89. The second kappa shape index (κ2) is 6.42. The van der Waals surface area contributed by atoms with Crippen LogP contribution in [0.4, 0.5) is 5.82 Å².